The average Bonchev–Trinajstić information content (AvgIpc) is 3.24. The Bertz CT molecular complexity index is 1390. The molecule has 0 fully saturated rings. The van der Waals surface area contributed by atoms with Crippen LogP contribution in [0.1, 0.15) is 174 Å². The number of aliphatic hydroxyl groups excluding tert-OH is 1. The summed E-state index contributed by atoms with van der Waals surface area (Å²) in [5.41, 5.74) is 0. The molecule has 360 valence electrons. The van der Waals surface area contributed by atoms with Gasteiger partial charge in [-0.05, 0) is 83.5 Å². The van der Waals surface area contributed by atoms with Crippen LogP contribution in [-0.2, 0) is 18.4 Å². The maximum atomic E-state index is 12.9. The maximum absolute atomic E-state index is 12.9. The van der Waals surface area contributed by atoms with Crippen molar-refractivity contribution in [1.82, 2.24) is 5.32 Å². The first-order valence-electron chi connectivity index (χ1n) is 24.7. The molecule has 0 bridgehead atoms. The minimum atomic E-state index is -4.62. The Kier molecular flexibility index (Phi) is 42.4. The van der Waals surface area contributed by atoms with Crippen LogP contribution in [0.2, 0.25) is 0 Å². The first kappa shape index (κ1) is 60.2. The Morgan fingerprint density at radius 2 is 0.984 bits per heavy atom. The summed E-state index contributed by atoms with van der Waals surface area (Å²) in [6, 6.07) is -0.942. The van der Waals surface area contributed by atoms with Gasteiger partial charge in [-0.25, -0.2) is 0 Å². The van der Waals surface area contributed by atoms with Gasteiger partial charge in [-0.2, -0.15) is 0 Å². The number of quaternary nitrogens is 1. The second kappa shape index (κ2) is 44.4. The van der Waals surface area contributed by atoms with Crippen LogP contribution in [0, 0.1) is 0 Å². The molecule has 0 aliphatic carbocycles. The van der Waals surface area contributed by atoms with E-state index in [0.717, 1.165) is 70.6 Å². The summed E-state index contributed by atoms with van der Waals surface area (Å²) in [5.74, 6) is -0.270. The van der Waals surface area contributed by atoms with Crippen LogP contribution in [0.5, 0.6) is 0 Å². The molecule has 63 heavy (non-hydrogen) atoms. The number of likely N-dealkylation sites (N-methyl/N-ethyl adjacent to an activating group) is 1. The van der Waals surface area contributed by atoms with Gasteiger partial charge < -0.3 is 28.8 Å². The van der Waals surface area contributed by atoms with Crippen LogP contribution in [-0.4, -0.2) is 68.5 Å². The zero-order valence-electron chi connectivity index (χ0n) is 40.7. The molecular weight excluding hydrogens is 804 g/mol. The predicted octanol–water partition coefficient (Wildman–Crippen LogP) is 13.8. The van der Waals surface area contributed by atoms with Crippen molar-refractivity contribution in [2.75, 3.05) is 40.9 Å². The highest BCUT2D eigenvalue weighted by atomic mass is 31.2. The third-order valence-electron chi connectivity index (χ3n) is 10.2. The molecule has 0 aliphatic rings. The molecule has 0 saturated carbocycles. The van der Waals surface area contributed by atoms with Crippen LogP contribution < -0.4 is 10.2 Å². The molecule has 0 saturated heterocycles. The van der Waals surface area contributed by atoms with E-state index in [1.807, 2.05) is 27.2 Å². The number of rotatable bonds is 43. The number of carbonyl (C=O) groups excluding carboxylic acids is 1. The lowest BCUT2D eigenvalue weighted by atomic mass is 10.0. The molecule has 0 rings (SSSR count). The number of nitrogens with one attached hydrogen (secondary N) is 1. The molecular formula is C54H93N2O6P. The van der Waals surface area contributed by atoms with Crippen molar-refractivity contribution >= 4 is 13.7 Å². The van der Waals surface area contributed by atoms with E-state index in [1.54, 1.807) is 6.08 Å². The summed E-state index contributed by atoms with van der Waals surface area (Å²) in [6.07, 6.45) is 64.4. The smallest absolute Gasteiger partial charge is 0.268 e. The van der Waals surface area contributed by atoms with Crippen molar-refractivity contribution < 1.29 is 32.9 Å². The monoisotopic (exact) mass is 897 g/mol. The highest BCUT2D eigenvalue weighted by molar-refractivity contribution is 7.45. The second-order valence-electron chi connectivity index (χ2n) is 17.4. The topological polar surface area (TPSA) is 108 Å². The minimum Gasteiger partial charge on any atom is -0.756 e. The van der Waals surface area contributed by atoms with E-state index >= 15 is 0 Å². The normalized spacial score (nSPS) is 15.1. The SMILES string of the molecule is CC/C=C\C/C=C\C/C=C\C/C=C\C/C=C\C/C=C\C/C=C\CCCC(=O)NC(COP(=O)([O-])OCC[N+](C)(C)C)C(O)/C=C/CC/C=C/CCCCCCCCCCCCCC. The van der Waals surface area contributed by atoms with Gasteiger partial charge in [0.25, 0.3) is 7.82 Å². The van der Waals surface area contributed by atoms with Crippen molar-refractivity contribution in [2.45, 2.75) is 187 Å². The number of aliphatic hydroxyl groups is 1. The Hall–Kier alpha value is -2.84. The van der Waals surface area contributed by atoms with Gasteiger partial charge in [0.15, 0.2) is 0 Å². The zero-order chi connectivity index (χ0) is 46.4. The first-order valence-corrected chi connectivity index (χ1v) is 26.2. The molecule has 0 aromatic heterocycles. The van der Waals surface area contributed by atoms with E-state index < -0.39 is 26.6 Å². The van der Waals surface area contributed by atoms with Crippen LogP contribution in [0.25, 0.3) is 0 Å². The number of carbonyl (C=O) groups is 1. The number of unbranched alkanes of at least 4 members (excludes halogenated alkanes) is 14. The van der Waals surface area contributed by atoms with Crippen molar-refractivity contribution in [2.24, 2.45) is 0 Å². The van der Waals surface area contributed by atoms with Gasteiger partial charge in [0.1, 0.15) is 13.2 Å². The zero-order valence-corrected chi connectivity index (χ0v) is 41.6. The molecule has 2 N–H and O–H groups in total. The average molecular weight is 897 g/mol. The van der Waals surface area contributed by atoms with Crippen molar-refractivity contribution in [1.29, 1.82) is 0 Å². The number of phosphoric acid groups is 1. The Morgan fingerprint density at radius 3 is 1.48 bits per heavy atom. The molecule has 1 amide bonds. The van der Waals surface area contributed by atoms with E-state index in [2.05, 4.69) is 116 Å². The standard InChI is InChI=1S/C54H93N2O6P/c1-6-8-10-12-14-16-18-20-22-24-26-27-28-29-30-32-34-36-38-40-42-44-46-48-54(58)55-52(51-62-63(59,60)61-50-49-56(3,4)5)53(57)47-45-43-41-39-37-35-33-31-25-23-21-19-17-15-13-11-9-7-2/h8,10,14,16,20,22,26-27,29-30,34,36-37,39-40,42,45,47,52-53,57H,6-7,9,11-13,15,17-19,21,23-25,28,31-33,35,38,41,43-44,46,48-51H2,1-5H3,(H-,55,58,59,60)/b10-8-,16-14-,22-20-,27-26-,30-29-,36-34-,39-37+,42-40-,47-45+. The minimum absolute atomic E-state index is 0.0236. The van der Waals surface area contributed by atoms with E-state index in [9.17, 15) is 19.4 Å². The Morgan fingerprint density at radius 1 is 0.571 bits per heavy atom. The number of allylic oxidation sites excluding steroid dienone is 17. The predicted molar refractivity (Wildman–Crippen MR) is 269 cm³/mol. The Balaban J connectivity index is 4.54. The lowest BCUT2D eigenvalue weighted by Crippen LogP contribution is -2.45. The largest absolute Gasteiger partial charge is 0.756 e. The molecule has 0 aromatic rings. The lowest BCUT2D eigenvalue weighted by molar-refractivity contribution is -0.870. The fourth-order valence-electron chi connectivity index (χ4n) is 6.33. The van der Waals surface area contributed by atoms with Gasteiger partial charge in [0.05, 0.1) is 39.9 Å². The second-order valence-corrected chi connectivity index (χ2v) is 18.8. The van der Waals surface area contributed by atoms with E-state index in [0.29, 0.717) is 17.4 Å². The van der Waals surface area contributed by atoms with Crippen molar-refractivity contribution in [3.05, 3.63) is 109 Å². The van der Waals surface area contributed by atoms with Gasteiger partial charge in [-0.3, -0.25) is 9.36 Å². The number of amides is 1. The molecule has 3 unspecified atom stereocenters. The number of phosphoric ester groups is 1. The summed E-state index contributed by atoms with van der Waals surface area (Å²) in [7, 11) is 1.19. The van der Waals surface area contributed by atoms with Gasteiger partial charge in [0.2, 0.25) is 5.91 Å². The highest BCUT2D eigenvalue weighted by Crippen LogP contribution is 2.38. The lowest BCUT2D eigenvalue weighted by Gasteiger charge is -2.29. The van der Waals surface area contributed by atoms with E-state index in [1.165, 1.54) is 77.0 Å². The molecule has 0 aliphatic heterocycles. The van der Waals surface area contributed by atoms with Crippen LogP contribution in [0.4, 0.5) is 0 Å². The number of nitrogens with zero attached hydrogens (tertiary/aromatic N) is 1. The molecule has 3 atom stereocenters. The quantitative estimate of drug-likeness (QED) is 0.0273. The van der Waals surface area contributed by atoms with E-state index in [-0.39, 0.29) is 18.9 Å². The van der Waals surface area contributed by atoms with Gasteiger partial charge >= 0.3 is 0 Å². The van der Waals surface area contributed by atoms with Crippen LogP contribution in [0.3, 0.4) is 0 Å². The number of hydrogen-bond acceptors (Lipinski definition) is 6. The van der Waals surface area contributed by atoms with Crippen molar-refractivity contribution in [3.63, 3.8) is 0 Å². The molecule has 8 nitrogen and oxygen atoms in total. The third-order valence-corrected chi connectivity index (χ3v) is 11.2. The number of hydrogen-bond donors (Lipinski definition) is 2. The molecule has 0 spiro atoms. The fourth-order valence-corrected chi connectivity index (χ4v) is 7.06. The molecule has 9 heteroatoms. The van der Waals surface area contributed by atoms with Crippen LogP contribution >= 0.6 is 7.82 Å². The maximum Gasteiger partial charge on any atom is 0.268 e. The summed E-state index contributed by atoms with van der Waals surface area (Å²) < 4.78 is 23.2. The van der Waals surface area contributed by atoms with E-state index in [4.69, 9.17) is 9.05 Å². The Labute approximate surface area is 387 Å². The third kappa shape index (κ3) is 47.0. The van der Waals surface area contributed by atoms with Gasteiger partial charge in [0, 0.05) is 6.42 Å². The summed E-state index contributed by atoms with van der Waals surface area (Å²) in [4.78, 5) is 25.4. The highest BCUT2D eigenvalue weighted by Gasteiger charge is 2.23. The van der Waals surface area contributed by atoms with Gasteiger partial charge in [-0.1, -0.05) is 194 Å². The molecule has 0 aromatic carbocycles. The molecule has 0 heterocycles. The summed E-state index contributed by atoms with van der Waals surface area (Å²) in [6.45, 7) is 4.45. The first-order chi connectivity index (χ1) is 30.5. The fraction of sp³-hybridized carbons (Fsp3) is 0.648. The molecule has 0 radical (unpaired) electrons. The van der Waals surface area contributed by atoms with Gasteiger partial charge in [-0.15, -0.1) is 0 Å². The summed E-state index contributed by atoms with van der Waals surface area (Å²) in [5, 5.41) is 13.8. The van der Waals surface area contributed by atoms with Crippen molar-refractivity contribution in [3.8, 4) is 0 Å². The summed E-state index contributed by atoms with van der Waals surface area (Å²) >= 11 is 0. The van der Waals surface area contributed by atoms with Crippen LogP contribution in [0.15, 0.2) is 109 Å².